The molecule has 0 spiro atoms. The molecule has 0 aromatic heterocycles. The Morgan fingerprint density at radius 3 is 2.00 bits per heavy atom. The average Bonchev–Trinajstić information content (AvgIpc) is 3.02. The van der Waals surface area contributed by atoms with Crippen LogP contribution in [0.15, 0.2) is 53.4 Å². The van der Waals surface area contributed by atoms with Gasteiger partial charge in [-0.25, -0.2) is 13.1 Å². The molecular weight excluding hydrogens is 402 g/mol. The monoisotopic (exact) mass is 429 g/mol. The molecular formula is C22H27N3O4S. The summed E-state index contributed by atoms with van der Waals surface area (Å²) >= 11 is 0. The third kappa shape index (κ3) is 5.06. The Morgan fingerprint density at radius 2 is 1.53 bits per heavy atom. The van der Waals surface area contributed by atoms with E-state index in [0.717, 1.165) is 11.1 Å². The summed E-state index contributed by atoms with van der Waals surface area (Å²) in [6, 6.07) is 13.4. The van der Waals surface area contributed by atoms with E-state index in [1.807, 2.05) is 32.9 Å². The number of carbonyl (C=O) groups is 2. The van der Waals surface area contributed by atoms with Crippen LogP contribution in [0, 0.1) is 0 Å². The number of sulfonamides is 1. The molecule has 1 aliphatic heterocycles. The van der Waals surface area contributed by atoms with E-state index in [2.05, 4.69) is 10.0 Å². The maximum atomic E-state index is 12.8. The first-order chi connectivity index (χ1) is 14.0. The molecule has 2 amide bonds. The molecule has 1 aliphatic rings. The van der Waals surface area contributed by atoms with Gasteiger partial charge < -0.3 is 10.2 Å². The van der Waals surface area contributed by atoms with Crippen LogP contribution < -0.4 is 10.0 Å². The van der Waals surface area contributed by atoms with E-state index in [-0.39, 0.29) is 28.7 Å². The molecule has 7 nitrogen and oxygen atoms in total. The zero-order valence-electron chi connectivity index (χ0n) is 17.6. The van der Waals surface area contributed by atoms with Crippen molar-refractivity contribution in [2.45, 2.75) is 50.6 Å². The van der Waals surface area contributed by atoms with Gasteiger partial charge in [-0.2, -0.15) is 0 Å². The van der Waals surface area contributed by atoms with Gasteiger partial charge in [-0.05, 0) is 56.2 Å². The molecule has 1 fully saturated rings. The van der Waals surface area contributed by atoms with Crippen molar-refractivity contribution < 1.29 is 18.0 Å². The molecule has 2 N–H and O–H groups in total. The van der Waals surface area contributed by atoms with Gasteiger partial charge in [0.25, 0.3) is 0 Å². The van der Waals surface area contributed by atoms with Crippen LogP contribution in [-0.2, 0) is 19.6 Å². The van der Waals surface area contributed by atoms with Crippen molar-refractivity contribution in [3.05, 3.63) is 48.5 Å². The van der Waals surface area contributed by atoms with Gasteiger partial charge in [0.05, 0.1) is 4.90 Å². The Labute approximate surface area is 177 Å². The number of hydrogen-bond acceptors (Lipinski definition) is 4. The van der Waals surface area contributed by atoms with Crippen molar-refractivity contribution in [1.29, 1.82) is 0 Å². The van der Waals surface area contributed by atoms with Gasteiger partial charge in [-0.1, -0.05) is 24.3 Å². The Bertz CT molecular complexity index is 1040. The van der Waals surface area contributed by atoms with Crippen LogP contribution in [0.3, 0.4) is 0 Å². The number of nitrogens with one attached hydrogen (secondary N) is 2. The highest BCUT2D eigenvalue weighted by Crippen LogP contribution is 2.25. The second-order valence-electron chi connectivity index (χ2n) is 8.48. The fourth-order valence-electron chi connectivity index (χ4n) is 3.50. The van der Waals surface area contributed by atoms with Gasteiger partial charge >= 0.3 is 0 Å². The molecule has 1 unspecified atom stereocenters. The van der Waals surface area contributed by atoms with Crippen molar-refractivity contribution in [3.8, 4) is 11.1 Å². The number of hydrogen-bond donors (Lipinski definition) is 2. The van der Waals surface area contributed by atoms with Crippen LogP contribution in [0.4, 0.5) is 5.69 Å². The molecule has 8 heteroatoms. The minimum absolute atomic E-state index is 0.0479. The number of carbonyl (C=O) groups excluding carboxylic acids is 2. The third-order valence-corrected chi connectivity index (χ3v) is 6.50. The summed E-state index contributed by atoms with van der Waals surface area (Å²) in [6.45, 7) is 7.61. The highest BCUT2D eigenvalue weighted by molar-refractivity contribution is 7.89. The van der Waals surface area contributed by atoms with E-state index >= 15 is 0 Å². The maximum absolute atomic E-state index is 12.8. The van der Waals surface area contributed by atoms with E-state index in [4.69, 9.17) is 0 Å². The summed E-state index contributed by atoms with van der Waals surface area (Å²) < 4.78 is 28.2. The molecule has 30 heavy (non-hydrogen) atoms. The summed E-state index contributed by atoms with van der Waals surface area (Å²) in [5.74, 6) is -0.187. The predicted molar refractivity (Wildman–Crippen MR) is 116 cm³/mol. The average molecular weight is 430 g/mol. The van der Waals surface area contributed by atoms with Gasteiger partial charge in [0.1, 0.15) is 0 Å². The quantitative estimate of drug-likeness (QED) is 0.764. The van der Waals surface area contributed by atoms with Crippen LogP contribution in [0.1, 0.15) is 34.1 Å². The van der Waals surface area contributed by atoms with Crippen molar-refractivity contribution >= 4 is 27.5 Å². The highest BCUT2D eigenvalue weighted by Gasteiger charge is 2.37. The van der Waals surface area contributed by atoms with Crippen LogP contribution in [0.5, 0.6) is 0 Å². The van der Waals surface area contributed by atoms with Gasteiger partial charge in [-0.3, -0.25) is 9.59 Å². The summed E-state index contributed by atoms with van der Waals surface area (Å²) in [5, 5.41) is 2.71. The van der Waals surface area contributed by atoms with Gasteiger partial charge in [-0.15, -0.1) is 0 Å². The lowest BCUT2D eigenvalue weighted by Crippen LogP contribution is -2.44. The Hall–Kier alpha value is -2.71. The van der Waals surface area contributed by atoms with E-state index in [1.165, 1.54) is 6.92 Å². The van der Waals surface area contributed by atoms with Crippen LogP contribution in [0.2, 0.25) is 0 Å². The molecule has 3 rings (SSSR count). The largest absolute Gasteiger partial charge is 0.336 e. The minimum atomic E-state index is -3.73. The first-order valence-corrected chi connectivity index (χ1v) is 11.2. The van der Waals surface area contributed by atoms with Gasteiger partial charge in [0.2, 0.25) is 21.8 Å². The van der Waals surface area contributed by atoms with Crippen LogP contribution in [0.25, 0.3) is 11.1 Å². The van der Waals surface area contributed by atoms with E-state index < -0.39 is 16.1 Å². The Balaban J connectivity index is 1.71. The van der Waals surface area contributed by atoms with Crippen molar-refractivity contribution in [3.63, 3.8) is 0 Å². The molecule has 0 bridgehead atoms. The number of nitrogens with zero attached hydrogens (tertiary/aromatic N) is 1. The predicted octanol–water partition coefficient (Wildman–Crippen LogP) is 2.99. The molecule has 0 aliphatic carbocycles. The molecule has 0 radical (unpaired) electrons. The molecule has 2 aromatic carbocycles. The van der Waals surface area contributed by atoms with E-state index in [9.17, 15) is 18.0 Å². The molecule has 160 valence electrons. The molecule has 2 aromatic rings. The summed E-state index contributed by atoms with van der Waals surface area (Å²) in [6.07, 6.45) is 0.162. The van der Waals surface area contributed by atoms with E-state index in [1.54, 1.807) is 41.3 Å². The summed E-state index contributed by atoms with van der Waals surface area (Å²) in [5.41, 5.74) is 2.13. The fraction of sp³-hybridized carbons (Fsp3) is 0.364. The molecule has 0 saturated carbocycles. The van der Waals surface area contributed by atoms with Gasteiger partial charge in [0.15, 0.2) is 0 Å². The summed E-state index contributed by atoms with van der Waals surface area (Å²) in [7, 11) is -3.73. The lowest BCUT2D eigenvalue weighted by molar-refractivity contribution is -0.131. The molecule has 1 heterocycles. The SMILES string of the molecule is CC(=O)Nc1ccc(-c2ccc(S(=O)(=O)NC3CC(=O)N(C(C)(C)C)C3)cc2)cc1. The number of amides is 2. The zero-order chi connectivity index (χ0) is 22.1. The smallest absolute Gasteiger partial charge is 0.240 e. The van der Waals surface area contributed by atoms with Gasteiger partial charge in [0, 0.05) is 37.2 Å². The highest BCUT2D eigenvalue weighted by atomic mass is 32.2. The number of rotatable bonds is 5. The topological polar surface area (TPSA) is 95.6 Å². The third-order valence-electron chi connectivity index (χ3n) is 4.96. The standard InChI is InChI=1S/C22H27N3O4S/c1-15(26)23-18-9-5-16(6-10-18)17-7-11-20(12-8-17)30(28,29)24-19-13-21(27)25(14-19)22(2,3)4/h5-12,19,24H,13-14H2,1-4H3,(H,23,26). The first kappa shape index (κ1) is 22.0. The minimum Gasteiger partial charge on any atom is -0.336 e. The molecule has 1 saturated heterocycles. The normalized spacial score (nSPS) is 17.3. The first-order valence-electron chi connectivity index (χ1n) is 9.76. The fourth-order valence-corrected chi connectivity index (χ4v) is 4.73. The maximum Gasteiger partial charge on any atom is 0.240 e. The zero-order valence-corrected chi connectivity index (χ0v) is 18.4. The lowest BCUT2D eigenvalue weighted by atomic mass is 10.1. The van der Waals surface area contributed by atoms with Crippen molar-refractivity contribution in [1.82, 2.24) is 9.62 Å². The van der Waals surface area contributed by atoms with Crippen molar-refractivity contribution in [2.24, 2.45) is 0 Å². The molecule has 1 atom stereocenters. The summed E-state index contributed by atoms with van der Waals surface area (Å²) in [4.78, 5) is 25.2. The second-order valence-corrected chi connectivity index (χ2v) is 10.2. The number of anilines is 1. The van der Waals surface area contributed by atoms with Crippen LogP contribution in [-0.4, -0.2) is 43.3 Å². The lowest BCUT2D eigenvalue weighted by Gasteiger charge is -2.32. The Morgan fingerprint density at radius 1 is 1.00 bits per heavy atom. The number of likely N-dealkylation sites (tertiary alicyclic amines) is 1. The van der Waals surface area contributed by atoms with Crippen molar-refractivity contribution in [2.75, 3.05) is 11.9 Å². The second kappa shape index (κ2) is 8.20. The van der Waals surface area contributed by atoms with E-state index in [0.29, 0.717) is 12.2 Å². The number of benzene rings is 2. The van der Waals surface area contributed by atoms with Crippen LogP contribution >= 0.6 is 0 Å². The Kier molecular flexibility index (Phi) is 6.01.